The average molecular weight is 928 g/mol. The monoisotopic (exact) mass is 927 g/mol. The topological polar surface area (TPSA) is 206 Å². The summed E-state index contributed by atoms with van der Waals surface area (Å²) in [4.78, 5) is 98.2. The summed E-state index contributed by atoms with van der Waals surface area (Å²) in [6, 6.07) is 35.9. The molecule has 2 amide bonds. The molecule has 17 nitrogen and oxygen atoms in total. The highest BCUT2D eigenvalue weighted by atomic mass is 16.8. The Bertz CT molecular complexity index is 2600. The highest BCUT2D eigenvalue weighted by Crippen LogP contribution is 2.39. The van der Waals surface area contributed by atoms with Gasteiger partial charge in [-0.15, -0.1) is 0 Å². The summed E-state index contributed by atoms with van der Waals surface area (Å²) < 4.78 is 55.4. The van der Waals surface area contributed by atoms with Gasteiger partial charge in [0.1, 0.15) is 18.8 Å². The van der Waals surface area contributed by atoms with Gasteiger partial charge in [-0.1, -0.05) is 84.9 Å². The maximum Gasteiger partial charge on any atom is 0.338 e. The van der Waals surface area contributed by atoms with Crippen LogP contribution in [0.3, 0.4) is 0 Å². The number of carbonyl (C=O) groups excluding carboxylic acids is 7. The summed E-state index contributed by atoms with van der Waals surface area (Å²) in [6.45, 7) is 1.95. The number of esters is 5. The number of methoxy groups -OCH3 is 1. The number of carbonyl (C=O) groups is 7. The maximum atomic E-state index is 14.5. The van der Waals surface area contributed by atoms with Crippen LogP contribution in [0.1, 0.15) is 76.0 Å². The van der Waals surface area contributed by atoms with Crippen molar-refractivity contribution in [1.29, 1.82) is 0 Å². The van der Waals surface area contributed by atoms with Gasteiger partial charge in [0.15, 0.2) is 43.1 Å². The predicted octanol–water partition coefficient (Wildman–Crippen LogP) is 5.62. The van der Waals surface area contributed by atoms with Crippen LogP contribution in [0.15, 0.2) is 146 Å². The van der Waals surface area contributed by atoms with E-state index >= 15 is 0 Å². The largest absolute Gasteiger partial charge is 0.459 e. The lowest BCUT2D eigenvalue weighted by molar-refractivity contribution is -0.350. The molecule has 8 rings (SSSR count). The molecular weight excluding hydrogens is 883 g/mol. The number of hydrogen-bond acceptors (Lipinski definition) is 16. The van der Waals surface area contributed by atoms with Crippen LogP contribution in [0.4, 0.5) is 0 Å². The zero-order valence-electron chi connectivity index (χ0n) is 36.8. The van der Waals surface area contributed by atoms with Crippen LogP contribution in [0, 0.1) is 0 Å². The van der Waals surface area contributed by atoms with Crippen LogP contribution in [0.2, 0.25) is 0 Å². The van der Waals surface area contributed by atoms with Crippen LogP contribution in [0.5, 0.6) is 0 Å². The normalized spacial score (nSPS) is 25.4. The van der Waals surface area contributed by atoms with Gasteiger partial charge in [0.05, 0.1) is 39.5 Å². The van der Waals surface area contributed by atoms with Crippen molar-refractivity contribution in [2.45, 2.75) is 75.2 Å². The number of fused-ring (bicyclic) bond motifs is 1. The molecule has 68 heavy (non-hydrogen) atoms. The maximum absolute atomic E-state index is 14.5. The van der Waals surface area contributed by atoms with Crippen molar-refractivity contribution in [2.24, 2.45) is 0 Å². The number of imide groups is 1. The van der Waals surface area contributed by atoms with Gasteiger partial charge in [-0.05, 0) is 67.6 Å². The number of ether oxygens (including phenoxy) is 9. The highest BCUT2D eigenvalue weighted by Gasteiger charge is 2.60. The standard InChI is InChI=1S/C51H45NO16/c1-29-39(65-47(57)32-20-10-5-11-21-32)42(67-49(59)34-24-14-7-15-25-34)43(51(60-3)62-29)68-50-38(52-44(54)35-26-16-17-27-36(35)45(52)55)41(63-30(2)53)40(66-48(58)33-22-12-6-13-23-33)37(64-50)28-61-46(56)31-18-8-4-9-19-31/h4-27,29,37-43,50-51H,28H2,1-3H3/t29-,37+,38+,39-,40+,41+,42+,43+,50-,51+/m0/s1. The molecule has 5 aromatic rings. The zero-order chi connectivity index (χ0) is 47.9. The van der Waals surface area contributed by atoms with E-state index in [1.165, 1.54) is 67.8 Å². The van der Waals surface area contributed by atoms with E-state index in [0.717, 1.165) is 11.8 Å². The molecule has 0 spiro atoms. The summed E-state index contributed by atoms with van der Waals surface area (Å²) in [7, 11) is 1.27. The lowest BCUT2D eigenvalue weighted by Gasteiger charge is -2.50. The van der Waals surface area contributed by atoms with Crippen molar-refractivity contribution in [3.8, 4) is 0 Å². The zero-order valence-corrected chi connectivity index (χ0v) is 36.8. The molecule has 10 atom stereocenters. The highest BCUT2D eigenvalue weighted by molar-refractivity contribution is 6.21. The Morgan fingerprint density at radius 3 is 1.38 bits per heavy atom. The number of hydrogen-bond donors (Lipinski definition) is 0. The minimum atomic E-state index is -1.93. The van der Waals surface area contributed by atoms with Crippen molar-refractivity contribution in [3.05, 3.63) is 179 Å². The molecule has 17 heteroatoms. The molecule has 0 saturated carbocycles. The van der Waals surface area contributed by atoms with E-state index in [0.29, 0.717) is 0 Å². The van der Waals surface area contributed by atoms with Crippen molar-refractivity contribution >= 4 is 41.7 Å². The van der Waals surface area contributed by atoms with E-state index < -0.39 is 110 Å². The molecule has 5 aromatic carbocycles. The van der Waals surface area contributed by atoms with Gasteiger partial charge < -0.3 is 42.6 Å². The Balaban J connectivity index is 1.25. The molecule has 0 bridgehead atoms. The quantitative estimate of drug-likeness (QED) is 0.0753. The minimum absolute atomic E-state index is 0.0123. The van der Waals surface area contributed by atoms with E-state index in [2.05, 4.69) is 0 Å². The second-order valence-electron chi connectivity index (χ2n) is 15.9. The third-order valence-corrected chi connectivity index (χ3v) is 11.4. The Morgan fingerprint density at radius 2 is 0.926 bits per heavy atom. The number of nitrogens with zero attached hydrogens (tertiary/aromatic N) is 1. The average Bonchev–Trinajstić information content (AvgIpc) is 3.61. The molecular formula is C51H45NO16. The van der Waals surface area contributed by atoms with Crippen LogP contribution in [-0.2, 0) is 47.4 Å². The van der Waals surface area contributed by atoms with Gasteiger partial charge in [0, 0.05) is 14.0 Å². The summed E-state index contributed by atoms with van der Waals surface area (Å²) >= 11 is 0. The van der Waals surface area contributed by atoms with Crippen molar-refractivity contribution in [1.82, 2.24) is 4.90 Å². The summed E-state index contributed by atoms with van der Waals surface area (Å²) in [5.74, 6) is -6.07. The van der Waals surface area contributed by atoms with E-state index in [1.54, 1.807) is 91.9 Å². The first kappa shape index (κ1) is 46.9. The van der Waals surface area contributed by atoms with Crippen LogP contribution < -0.4 is 0 Å². The van der Waals surface area contributed by atoms with Crippen molar-refractivity contribution < 1.29 is 76.2 Å². The Labute approximate surface area is 389 Å². The molecule has 0 aliphatic carbocycles. The third kappa shape index (κ3) is 10.1. The molecule has 2 saturated heterocycles. The molecule has 3 aliphatic rings. The van der Waals surface area contributed by atoms with Crippen LogP contribution in [-0.4, -0.2) is 122 Å². The van der Waals surface area contributed by atoms with E-state index in [4.69, 9.17) is 42.6 Å². The van der Waals surface area contributed by atoms with Crippen molar-refractivity contribution in [3.63, 3.8) is 0 Å². The Hall–Kier alpha value is -7.57. The lowest BCUT2D eigenvalue weighted by Crippen LogP contribution is -2.69. The number of amides is 2. The molecule has 2 fully saturated rings. The smallest absolute Gasteiger partial charge is 0.338 e. The fraction of sp³-hybridized carbons (Fsp3) is 0.275. The van der Waals surface area contributed by atoms with Gasteiger partial charge in [0.25, 0.3) is 11.8 Å². The first-order chi connectivity index (χ1) is 32.9. The molecule has 0 unspecified atom stereocenters. The second-order valence-corrected chi connectivity index (χ2v) is 15.9. The number of benzene rings is 5. The Kier molecular flexibility index (Phi) is 14.5. The van der Waals surface area contributed by atoms with Gasteiger partial charge >= 0.3 is 29.8 Å². The van der Waals surface area contributed by atoms with Crippen molar-refractivity contribution in [2.75, 3.05) is 13.7 Å². The summed E-state index contributed by atoms with van der Waals surface area (Å²) in [5, 5.41) is 0. The first-order valence-electron chi connectivity index (χ1n) is 21.6. The lowest BCUT2D eigenvalue weighted by atomic mass is 9.93. The van der Waals surface area contributed by atoms with Gasteiger partial charge in [-0.25, -0.2) is 19.2 Å². The summed E-state index contributed by atoms with van der Waals surface area (Å²) in [5.41, 5.74) is 0.478. The molecule has 0 N–H and O–H groups in total. The molecule has 3 heterocycles. The van der Waals surface area contributed by atoms with Gasteiger partial charge in [-0.3, -0.25) is 19.3 Å². The van der Waals surface area contributed by atoms with E-state index in [9.17, 15) is 33.6 Å². The molecule has 3 aliphatic heterocycles. The molecule has 0 aromatic heterocycles. The fourth-order valence-corrected chi connectivity index (χ4v) is 8.23. The van der Waals surface area contributed by atoms with Gasteiger partial charge in [0.2, 0.25) is 0 Å². The predicted molar refractivity (Wildman–Crippen MR) is 235 cm³/mol. The van der Waals surface area contributed by atoms with E-state index in [-0.39, 0.29) is 33.4 Å². The first-order valence-corrected chi connectivity index (χ1v) is 21.6. The van der Waals surface area contributed by atoms with Crippen LogP contribution >= 0.6 is 0 Å². The SMILES string of the molecule is CO[C@@H]1O[C@@H](C)[C@H](OC(=O)c2ccccc2)[C@@H](OC(=O)c2ccccc2)[C@H]1O[C@@H]1O[C@H](COC(=O)c2ccccc2)[C@@H](OC(=O)c2ccccc2)[C@H](OC(C)=O)[C@H]1N1C(=O)c2ccccc2C1=O. The number of rotatable bonds is 14. The van der Waals surface area contributed by atoms with Gasteiger partial charge in [-0.2, -0.15) is 0 Å². The Morgan fingerprint density at radius 1 is 0.500 bits per heavy atom. The fourth-order valence-electron chi connectivity index (χ4n) is 8.23. The molecule has 350 valence electrons. The van der Waals surface area contributed by atoms with E-state index in [1.807, 2.05) is 0 Å². The summed E-state index contributed by atoms with van der Waals surface area (Å²) in [6.07, 6.45) is -14.2. The second kappa shape index (κ2) is 20.9. The third-order valence-electron chi connectivity index (χ3n) is 11.4. The minimum Gasteiger partial charge on any atom is -0.459 e. The van der Waals surface area contributed by atoms with Crippen LogP contribution in [0.25, 0.3) is 0 Å². The molecule has 0 radical (unpaired) electrons.